The molecule has 0 amide bonds. The molecule has 0 saturated heterocycles. The lowest BCUT2D eigenvalue weighted by molar-refractivity contribution is 0.224. The first kappa shape index (κ1) is 13.5. The number of aromatic hydroxyl groups is 1. The Labute approximate surface area is 121 Å². The molecule has 2 fully saturated rings. The first-order valence-electron chi connectivity index (χ1n) is 7.86. The van der Waals surface area contributed by atoms with Crippen molar-refractivity contribution in [3.8, 4) is 11.5 Å². The molecule has 0 radical (unpaired) electrons. The fraction of sp³-hybridized carbons (Fsp3) is 0.556. The lowest BCUT2D eigenvalue weighted by Gasteiger charge is -2.37. The molecule has 3 rings (SSSR count). The average molecular weight is 272 g/mol. The summed E-state index contributed by atoms with van der Waals surface area (Å²) >= 11 is 0. The summed E-state index contributed by atoms with van der Waals surface area (Å²) in [5.74, 6) is 2.48. The van der Waals surface area contributed by atoms with Crippen molar-refractivity contribution in [1.82, 2.24) is 0 Å². The van der Waals surface area contributed by atoms with Crippen LogP contribution in [0.3, 0.4) is 0 Å². The van der Waals surface area contributed by atoms with Crippen LogP contribution in [0.1, 0.15) is 50.5 Å². The summed E-state index contributed by atoms with van der Waals surface area (Å²) in [6, 6.07) is 5.74. The quantitative estimate of drug-likeness (QED) is 0.840. The maximum atomic E-state index is 10.2. The minimum atomic E-state index is 0.278. The Kier molecular flexibility index (Phi) is 4.00. The lowest BCUT2D eigenvalue weighted by Crippen LogP contribution is -2.25. The van der Waals surface area contributed by atoms with Gasteiger partial charge in [-0.1, -0.05) is 36.6 Å². The minimum Gasteiger partial charge on any atom is -0.504 e. The Bertz CT molecular complexity index is 502. The van der Waals surface area contributed by atoms with Gasteiger partial charge in [0.2, 0.25) is 0 Å². The summed E-state index contributed by atoms with van der Waals surface area (Å²) in [5.41, 5.74) is 2.45. The lowest BCUT2D eigenvalue weighted by atomic mass is 9.68. The molecule has 0 heterocycles. The Morgan fingerprint density at radius 1 is 1.15 bits per heavy atom. The number of hydrogen-bond acceptors (Lipinski definition) is 2. The molecule has 2 aliphatic rings. The number of ether oxygens (including phenoxy) is 1. The van der Waals surface area contributed by atoms with Crippen molar-refractivity contribution in [2.24, 2.45) is 11.8 Å². The SMILES string of the molecule is COc1cccc(/C=C2\CCCC3CCCCC23)c1O. The zero-order valence-corrected chi connectivity index (χ0v) is 12.3. The second-order valence-electron chi connectivity index (χ2n) is 6.16. The van der Waals surface area contributed by atoms with Crippen LogP contribution in [-0.2, 0) is 0 Å². The zero-order valence-electron chi connectivity index (χ0n) is 12.3. The number of fused-ring (bicyclic) bond motifs is 1. The van der Waals surface area contributed by atoms with Crippen LogP contribution in [0, 0.1) is 11.8 Å². The minimum absolute atomic E-state index is 0.278. The van der Waals surface area contributed by atoms with E-state index in [0.717, 1.165) is 17.4 Å². The van der Waals surface area contributed by atoms with Crippen molar-refractivity contribution in [3.05, 3.63) is 29.3 Å². The van der Waals surface area contributed by atoms with Gasteiger partial charge in [-0.3, -0.25) is 0 Å². The molecule has 0 bridgehead atoms. The van der Waals surface area contributed by atoms with Gasteiger partial charge in [-0.2, -0.15) is 0 Å². The van der Waals surface area contributed by atoms with E-state index in [1.54, 1.807) is 12.7 Å². The van der Waals surface area contributed by atoms with Crippen molar-refractivity contribution < 1.29 is 9.84 Å². The zero-order chi connectivity index (χ0) is 13.9. The van der Waals surface area contributed by atoms with Crippen molar-refractivity contribution in [2.75, 3.05) is 7.11 Å². The van der Waals surface area contributed by atoms with Gasteiger partial charge in [0.05, 0.1) is 7.11 Å². The van der Waals surface area contributed by atoms with Gasteiger partial charge in [-0.05, 0) is 50.0 Å². The summed E-state index contributed by atoms with van der Waals surface area (Å²) in [5, 5.41) is 10.2. The van der Waals surface area contributed by atoms with Gasteiger partial charge in [-0.15, -0.1) is 0 Å². The van der Waals surface area contributed by atoms with Crippen LogP contribution in [0.5, 0.6) is 11.5 Å². The molecular weight excluding hydrogens is 248 g/mol. The molecule has 2 aliphatic carbocycles. The largest absolute Gasteiger partial charge is 0.504 e. The number of rotatable bonds is 2. The fourth-order valence-corrected chi connectivity index (χ4v) is 3.99. The smallest absolute Gasteiger partial charge is 0.165 e. The van der Waals surface area contributed by atoms with Gasteiger partial charge in [0.15, 0.2) is 11.5 Å². The summed E-state index contributed by atoms with van der Waals surface area (Å²) in [6.45, 7) is 0. The molecule has 2 unspecified atom stereocenters. The van der Waals surface area contributed by atoms with Crippen molar-refractivity contribution in [3.63, 3.8) is 0 Å². The molecule has 108 valence electrons. The molecule has 2 heteroatoms. The summed E-state index contributed by atoms with van der Waals surface area (Å²) in [6.07, 6.45) is 11.6. The third kappa shape index (κ3) is 2.56. The summed E-state index contributed by atoms with van der Waals surface area (Å²) < 4.78 is 5.20. The molecule has 1 aromatic rings. The molecule has 0 aliphatic heterocycles. The number of allylic oxidation sites excluding steroid dienone is 1. The molecule has 0 spiro atoms. The Morgan fingerprint density at radius 3 is 2.80 bits per heavy atom. The van der Waals surface area contributed by atoms with Crippen LogP contribution < -0.4 is 4.74 Å². The van der Waals surface area contributed by atoms with E-state index in [1.165, 1.54) is 44.9 Å². The molecular formula is C18H24O2. The van der Waals surface area contributed by atoms with Gasteiger partial charge in [0.25, 0.3) is 0 Å². The third-order valence-electron chi connectivity index (χ3n) is 5.02. The highest BCUT2D eigenvalue weighted by molar-refractivity contribution is 5.64. The second-order valence-corrected chi connectivity index (χ2v) is 6.16. The molecule has 2 atom stereocenters. The predicted molar refractivity (Wildman–Crippen MR) is 81.9 cm³/mol. The normalized spacial score (nSPS) is 28.1. The Balaban J connectivity index is 1.90. The van der Waals surface area contributed by atoms with Gasteiger partial charge >= 0.3 is 0 Å². The van der Waals surface area contributed by atoms with E-state index in [0.29, 0.717) is 5.75 Å². The predicted octanol–water partition coefficient (Wildman–Crippen LogP) is 4.77. The average Bonchev–Trinajstić information content (AvgIpc) is 2.50. The maximum Gasteiger partial charge on any atom is 0.165 e. The molecule has 20 heavy (non-hydrogen) atoms. The maximum absolute atomic E-state index is 10.2. The van der Waals surface area contributed by atoms with E-state index in [4.69, 9.17) is 4.74 Å². The van der Waals surface area contributed by atoms with Gasteiger partial charge in [0.1, 0.15) is 0 Å². The van der Waals surface area contributed by atoms with Crippen molar-refractivity contribution >= 4 is 6.08 Å². The first-order chi connectivity index (χ1) is 9.79. The van der Waals surface area contributed by atoms with Gasteiger partial charge in [-0.25, -0.2) is 0 Å². The topological polar surface area (TPSA) is 29.5 Å². The monoisotopic (exact) mass is 272 g/mol. The molecule has 2 nitrogen and oxygen atoms in total. The van der Waals surface area contributed by atoms with E-state index in [-0.39, 0.29) is 5.75 Å². The standard InChI is InChI=1S/C18H24O2/c1-20-17-11-5-9-15(18(17)19)12-14-8-4-7-13-6-2-3-10-16(13)14/h5,9,11-13,16,19H,2-4,6-8,10H2,1H3/b14-12+. The number of methoxy groups -OCH3 is 1. The highest BCUT2D eigenvalue weighted by Gasteiger charge is 2.30. The van der Waals surface area contributed by atoms with Crippen LogP contribution >= 0.6 is 0 Å². The van der Waals surface area contributed by atoms with Gasteiger partial charge in [0, 0.05) is 5.56 Å². The Morgan fingerprint density at radius 2 is 1.95 bits per heavy atom. The Hall–Kier alpha value is -1.44. The van der Waals surface area contributed by atoms with Crippen molar-refractivity contribution in [1.29, 1.82) is 0 Å². The number of para-hydroxylation sites is 1. The molecule has 1 aromatic carbocycles. The second kappa shape index (κ2) is 5.90. The molecule has 0 aromatic heterocycles. The number of hydrogen-bond donors (Lipinski definition) is 1. The van der Waals surface area contributed by atoms with Crippen LogP contribution in [-0.4, -0.2) is 12.2 Å². The van der Waals surface area contributed by atoms with Gasteiger partial charge < -0.3 is 9.84 Å². The summed E-state index contributed by atoms with van der Waals surface area (Å²) in [7, 11) is 1.60. The van der Waals surface area contributed by atoms with Crippen LogP contribution in [0.25, 0.3) is 6.08 Å². The van der Waals surface area contributed by atoms with E-state index in [1.807, 2.05) is 18.2 Å². The van der Waals surface area contributed by atoms with E-state index in [2.05, 4.69) is 6.08 Å². The highest BCUT2D eigenvalue weighted by Crippen LogP contribution is 2.45. The third-order valence-corrected chi connectivity index (χ3v) is 5.02. The number of benzene rings is 1. The van der Waals surface area contributed by atoms with Crippen LogP contribution in [0.15, 0.2) is 23.8 Å². The molecule has 1 N–H and O–H groups in total. The first-order valence-corrected chi connectivity index (χ1v) is 7.86. The molecule has 2 saturated carbocycles. The van der Waals surface area contributed by atoms with E-state index >= 15 is 0 Å². The van der Waals surface area contributed by atoms with Crippen LogP contribution in [0.4, 0.5) is 0 Å². The highest BCUT2D eigenvalue weighted by atomic mass is 16.5. The van der Waals surface area contributed by atoms with E-state index in [9.17, 15) is 5.11 Å². The van der Waals surface area contributed by atoms with Crippen molar-refractivity contribution in [2.45, 2.75) is 44.9 Å². The summed E-state index contributed by atoms with van der Waals surface area (Å²) in [4.78, 5) is 0. The van der Waals surface area contributed by atoms with E-state index < -0.39 is 0 Å². The number of phenolic OH excluding ortho intramolecular Hbond substituents is 1. The van der Waals surface area contributed by atoms with Crippen LogP contribution in [0.2, 0.25) is 0 Å². The fourth-order valence-electron chi connectivity index (χ4n) is 3.99. The number of phenols is 1.